The summed E-state index contributed by atoms with van der Waals surface area (Å²) < 4.78 is 5.25. The van der Waals surface area contributed by atoms with Crippen LogP contribution in [0, 0.1) is 6.92 Å². The van der Waals surface area contributed by atoms with Gasteiger partial charge in [0.25, 0.3) is 5.91 Å². The average Bonchev–Trinajstić information content (AvgIpc) is 3.59. The van der Waals surface area contributed by atoms with Crippen molar-refractivity contribution in [1.82, 2.24) is 20.2 Å². The molecule has 188 valence electrons. The van der Waals surface area contributed by atoms with Crippen molar-refractivity contribution in [3.8, 4) is 0 Å². The van der Waals surface area contributed by atoms with Gasteiger partial charge in [0.1, 0.15) is 12.1 Å². The second-order valence-corrected chi connectivity index (χ2v) is 9.79. The number of ether oxygens (including phenoxy) is 1. The van der Waals surface area contributed by atoms with Crippen LogP contribution < -0.4 is 16.4 Å². The van der Waals surface area contributed by atoms with Gasteiger partial charge in [0.15, 0.2) is 11.5 Å². The van der Waals surface area contributed by atoms with Gasteiger partial charge >= 0.3 is 6.09 Å². The minimum atomic E-state index is -0.638. The van der Waals surface area contributed by atoms with Crippen LogP contribution in [0.4, 0.5) is 16.3 Å². The molecule has 0 unspecified atom stereocenters. The number of nitrogens with two attached hydrogens (primary N) is 1. The average molecular weight is 483 g/mol. The van der Waals surface area contributed by atoms with Gasteiger partial charge in [0.05, 0.1) is 11.4 Å². The number of nitrogens with one attached hydrogen (secondary N) is 2. The number of aryl methyl sites for hydroxylation is 1. The molecule has 0 saturated heterocycles. The summed E-state index contributed by atoms with van der Waals surface area (Å²) in [7, 11) is 1.52. The summed E-state index contributed by atoms with van der Waals surface area (Å²) in [5, 5.41) is 5.99. The molecule has 0 spiro atoms. The lowest BCUT2D eigenvalue weighted by Gasteiger charge is -2.24. The number of primary amides is 1. The SMILES string of the molecule is Cc1nc(C(N)=O)c(Nc2cccc(CCNC(=O)CN(C)C(=O)OC(C)(C)C)c2)nc1C1CC1. The van der Waals surface area contributed by atoms with Gasteiger partial charge in [-0.05, 0) is 64.7 Å². The zero-order valence-corrected chi connectivity index (χ0v) is 21.0. The van der Waals surface area contributed by atoms with Crippen molar-refractivity contribution >= 4 is 29.4 Å². The van der Waals surface area contributed by atoms with Crippen molar-refractivity contribution < 1.29 is 19.1 Å². The molecular formula is C25H34N6O4. The highest BCUT2D eigenvalue weighted by molar-refractivity contribution is 5.96. The summed E-state index contributed by atoms with van der Waals surface area (Å²) in [4.78, 5) is 46.4. The molecule has 10 heteroatoms. The van der Waals surface area contributed by atoms with Crippen LogP contribution in [-0.2, 0) is 16.0 Å². The first kappa shape index (κ1) is 25.9. The maximum atomic E-state index is 12.2. The Kier molecular flexibility index (Phi) is 7.93. The van der Waals surface area contributed by atoms with E-state index in [-0.39, 0.29) is 18.1 Å². The van der Waals surface area contributed by atoms with E-state index in [1.54, 1.807) is 20.8 Å². The molecule has 1 fully saturated rings. The number of nitrogens with zero attached hydrogens (tertiary/aromatic N) is 3. The molecule has 0 aliphatic heterocycles. The van der Waals surface area contributed by atoms with Crippen LogP contribution in [-0.4, -0.2) is 58.5 Å². The number of hydrogen-bond acceptors (Lipinski definition) is 7. The predicted molar refractivity (Wildman–Crippen MR) is 133 cm³/mol. The summed E-state index contributed by atoms with van der Waals surface area (Å²) in [5.74, 6) is -0.183. The first-order valence-corrected chi connectivity index (χ1v) is 11.7. The van der Waals surface area contributed by atoms with Gasteiger partial charge in [-0.15, -0.1) is 0 Å². The molecule has 1 saturated carbocycles. The Morgan fingerprint density at radius 1 is 1.20 bits per heavy atom. The van der Waals surface area contributed by atoms with Gasteiger partial charge in [0, 0.05) is 25.2 Å². The zero-order chi connectivity index (χ0) is 25.8. The summed E-state index contributed by atoms with van der Waals surface area (Å²) in [5.41, 5.74) is 8.35. The van der Waals surface area contributed by atoms with Crippen LogP contribution in [0.1, 0.15) is 67.0 Å². The van der Waals surface area contributed by atoms with Crippen molar-refractivity contribution in [2.24, 2.45) is 5.73 Å². The van der Waals surface area contributed by atoms with Crippen LogP contribution in [0.5, 0.6) is 0 Å². The number of carbonyl (C=O) groups is 3. The molecule has 10 nitrogen and oxygen atoms in total. The second-order valence-electron chi connectivity index (χ2n) is 9.79. The largest absolute Gasteiger partial charge is 0.444 e. The van der Waals surface area contributed by atoms with Gasteiger partial charge < -0.3 is 26.0 Å². The third-order valence-corrected chi connectivity index (χ3v) is 5.32. The summed E-state index contributed by atoms with van der Waals surface area (Å²) in [6.45, 7) is 7.46. The van der Waals surface area contributed by atoms with Crippen LogP contribution in [0.2, 0.25) is 0 Å². The monoisotopic (exact) mass is 482 g/mol. The number of rotatable bonds is 9. The van der Waals surface area contributed by atoms with Gasteiger partial charge in [-0.2, -0.15) is 0 Å². The zero-order valence-electron chi connectivity index (χ0n) is 21.0. The molecule has 1 aromatic carbocycles. The van der Waals surface area contributed by atoms with E-state index in [2.05, 4.69) is 20.6 Å². The van der Waals surface area contributed by atoms with E-state index in [9.17, 15) is 14.4 Å². The van der Waals surface area contributed by atoms with Crippen LogP contribution in [0.15, 0.2) is 24.3 Å². The van der Waals surface area contributed by atoms with E-state index < -0.39 is 17.6 Å². The molecular weight excluding hydrogens is 448 g/mol. The lowest BCUT2D eigenvalue weighted by molar-refractivity contribution is -0.121. The van der Waals surface area contributed by atoms with Gasteiger partial charge in [-0.3, -0.25) is 9.59 Å². The van der Waals surface area contributed by atoms with Gasteiger partial charge in [-0.1, -0.05) is 12.1 Å². The fourth-order valence-corrected chi connectivity index (χ4v) is 3.50. The van der Waals surface area contributed by atoms with E-state index in [0.29, 0.717) is 24.7 Å². The molecule has 2 aromatic rings. The number of hydrogen-bond donors (Lipinski definition) is 3. The van der Waals surface area contributed by atoms with Crippen LogP contribution in [0.3, 0.4) is 0 Å². The number of amides is 3. The Morgan fingerprint density at radius 3 is 2.54 bits per heavy atom. The fourth-order valence-electron chi connectivity index (χ4n) is 3.50. The highest BCUT2D eigenvalue weighted by Gasteiger charge is 2.29. The Bertz CT molecular complexity index is 1110. The van der Waals surface area contributed by atoms with E-state index >= 15 is 0 Å². The van der Waals surface area contributed by atoms with Crippen LogP contribution >= 0.6 is 0 Å². The van der Waals surface area contributed by atoms with Gasteiger partial charge in [0.2, 0.25) is 5.91 Å². The quantitative estimate of drug-likeness (QED) is 0.499. The maximum absolute atomic E-state index is 12.2. The number of benzene rings is 1. The first-order chi connectivity index (χ1) is 16.4. The van der Waals surface area contributed by atoms with Crippen LogP contribution in [0.25, 0.3) is 0 Å². The molecule has 4 N–H and O–H groups in total. The van der Waals surface area contributed by atoms with Gasteiger partial charge in [-0.25, -0.2) is 14.8 Å². The van der Waals surface area contributed by atoms with Crippen molar-refractivity contribution in [1.29, 1.82) is 0 Å². The Balaban J connectivity index is 1.57. The molecule has 3 rings (SSSR count). The van der Waals surface area contributed by atoms with Crippen molar-refractivity contribution in [3.05, 3.63) is 46.9 Å². The smallest absolute Gasteiger partial charge is 0.410 e. The van der Waals surface area contributed by atoms with Crippen molar-refractivity contribution in [2.45, 2.75) is 58.5 Å². The highest BCUT2D eigenvalue weighted by atomic mass is 16.6. The summed E-state index contributed by atoms with van der Waals surface area (Å²) in [6, 6.07) is 7.60. The molecule has 35 heavy (non-hydrogen) atoms. The summed E-state index contributed by atoms with van der Waals surface area (Å²) in [6.07, 6.45) is 2.16. The third kappa shape index (κ3) is 7.66. The first-order valence-electron chi connectivity index (χ1n) is 11.7. The lowest BCUT2D eigenvalue weighted by Crippen LogP contribution is -2.41. The molecule has 0 bridgehead atoms. The molecule has 1 aliphatic rings. The molecule has 0 radical (unpaired) electrons. The van der Waals surface area contributed by atoms with E-state index in [1.807, 2.05) is 31.2 Å². The molecule has 0 atom stereocenters. The van der Waals surface area contributed by atoms with E-state index in [4.69, 9.17) is 10.5 Å². The second kappa shape index (κ2) is 10.7. The summed E-state index contributed by atoms with van der Waals surface area (Å²) >= 11 is 0. The molecule has 1 heterocycles. The van der Waals surface area contributed by atoms with E-state index in [0.717, 1.165) is 35.5 Å². The number of aromatic nitrogens is 2. The Hall–Kier alpha value is -3.69. The minimum Gasteiger partial charge on any atom is -0.444 e. The lowest BCUT2D eigenvalue weighted by atomic mass is 10.1. The van der Waals surface area contributed by atoms with Crippen molar-refractivity contribution in [3.63, 3.8) is 0 Å². The Labute approximate surface area is 205 Å². The standard InChI is InChI=1S/C25H34N6O4/c1-15-20(17-9-10-17)30-23(21(28-15)22(26)33)29-18-8-6-7-16(13-18)11-12-27-19(32)14-31(5)24(34)35-25(2,3)4/h6-8,13,17H,9-12,14H2,1-5H3,(H2,26,33)(H,27,32)(H,29,30). The normalized spacial score (nSPS) is 13.2. The molecule has 1 aromatic heterocycles. The number of likely N-dealkylation sites (N-methyl/N-ethyl adjacent to an activating group) is 1. The molecule has 3 amide bonds. The van der Waals surface area contributed by atoms with Crippen molar-refractivity contribution in [2.75, 3.05) is 25.5 Å². The predicted octanol–water partition coefficient (Wildman–Crippen LogP) is 3.03. The number of anilines is 2. The van der Waals surface area contributed by atoms with E-state index in [1.165, 1.54) is 11.9 Å². The highest BCUT2D eigenvalue weighted by Crippen LogP contribution is 2.41. The minimum absolute atomic E-state index is 0.0954. The third-order valence-electron chi connectivity index (χ3n) is 5.32. The fraction of sp³-hybridized carbons (Fsp3) is 0.480. The Morgan fingerprint density at radius 2 is 1.91 bits per heavy atom. The topological polar surface area (TPSA) is 140 Å². The maximum Gasteiger partial charge on any atom is 0.410 e. The number of carbonyl (C=O) groups excluding carboxylic acids is 3. The molecule has 1 aliphatic carbocycles.